The first-order valence-corrected chi connectivity index (χ1v) is 6.89. The highest BCUT2D eigenvalue weighted by molar-refractivity contribution is 6.08. The second kappa shape index (κ2) is 6.11. The summed E-state index contributed by atoms with van der Waals surface area (Å²) >= 11 is 0. The third kappa shape index (κ3) is 3.51. The maximum atomic E-state index is 12.3. The topological polar surface area (TPSA) is 54.4 Å². The summed E-state index contributed by atoms with van der Waals surface area (Å²) in [5.41, 5.74) is 1.06. The zero-order valence-electron chi connectivity index (χ0n) is 11.3. The third-order valence-electron chi connectivity index (χ3n) is 3.90. The van der Waals surface area contributed by atoms with Crippen molar-refractivity contribution in [3.8, 4) is 0 Å². The predicted octanol–water partition coefficient (Wildman–Crippen LogP) is 3.01. The van der Waals surface area contributed by atoms with Crippen molar-refractivity contribution in [2.45, 2.75) is 45.1 Å². The Kier molecular flexibility index (Phi) is 4.48. The molecule has 0 aromatic heterocycles. The molecule has 1 saturated carbocycles. The molecule has 0 aliphatic heterocycles. The molecule has 0 amide bonds. The van der Waals surface area contributed by atoms with Crippen molar-refractivity contribution in [2.24, 2.45) is 5.92 Å². The van der Waals surface area contributed by atoms with Gasteiger partial charge >= 0.3 is 0 Å². The Morgan fingerprint density at radius 2 is 1.68 bits per heavy atom. The number of carbonyl (C=O) groups excluding carboxylic acids is 2. The number of rotatable bonds is 4. The minimum absolute atomic E-state index is 0.0483. The van der Waals surface area contributed by atoms with Gasteiger partial charge in [0, 0.05) is 17.5 Å². The number of aliphatic hydroxyl groups excluding tert-OH is 1. The maximum Gasteiger partial charge on any atom is 0.163 e. The molecule has 0 unspecified atom stereocenters. The summed E-state index contributed by atoms with van der Waals surface area (Å²) in [7, 11) is 0. The first-order chi connectivity index (χ1) is 9.08. The van der Waals surface area contributed by atoms with Crippen molar-refractivity contribution in [2.75, 3.05) is 0 Å². The first-order valence-electron chi connectivity index (χ1n) is 6.89. The molecule has 1 aliphatic rings. The van der Waals surface area contributed by atoms with Crippen LogP contribution in [0.4, 0.5) is 0 Å². The van der Waals surface area contributed by atoms with Crippen LogP contribution in [0.25, 0.3) is 0 Å². The Morgan fingerprint density at radius 3 is 2.26 bits per heavy atom. The summed E-state index contributed by atoms with van der Waals surface area (Å²) in [5.74, 6) is 0.325. The number of benzene rings is 1. The first kappa shape index (κ1) is 13.9. The van der Waals surface area contributed by atoms with Crippen molar-refractivity contribution in [3.05, 3.63) is 35.4 Å². The molecule has 19 heavy (non-hydrogen) atoms. The van der Waals surface area contributed by atoms with Gasteiger partial charge in [-0.1, -0.05) is 24.3 Å². The number of Topliss-reactive ketones (excluding diaryl/α,β-unsaturated/α-hetero) is 2. The molecule has 1 aromatic carbocycles. The van der Waals surface area contributed by atoms with Gasteiger partial charge < -0.3 is 5.11 Å². The Morgan fingerprint density at radius 1 is 1.11 bits per heavy atom. The number of hydrogen-bond donors (Lipinski definition) is 1. The van der Waals surface area contributed by atoms with E-state index in [4.69, 9.17) is 0 Å². The molecule has 0 radical (unpaired) electrons. The molecule has 0 bridgehead atoms. The Labute approximate surface area is 113 Å². The normalized spacial score (nSPS) is 23.1. The second-order valence-corrected chi connectivity index (χ2v) is 5.40. The van der Waals surface area contributed by atoms with E-state index in [1.165, 1.54) is 6.92 Å². The van der Waals surface area contributed by atoms with Gasteiger partial charge in [-0.15, -0.1) is 0 Å². The fraction of sp³-hybridized carbons (Fsp3) is 0.500. The lowest BCUT2D eigenvalue weighted by Gasteiger charge is -2.24. The fourth-order valence-electron chi connectivity index (χ4n) is 2.75. The number of aliphatic hydroxyl groups is 1. The second-order valence-electron chi connectivity index (χ2n) is 5.40. The molecular weight excluding hydrogens is 240 g/mol. The lowest BCUT2D eigenvalue weighted by molar-refractivity contribution is 0.0855. The number of hydrogen-bond acceptors (Lipinski definition) is 3. The van der Waals surface area contributed by atoms with Crippen LogP contribution in [-0.2, 0) is 0 Å². The van der Waals surface area contributed by atoms with Crippen LogP contribution in [0.2, 0.25) is 0 Å². The molecule has 1 aliphatic carbocycles. The SMILES string of the molecule is CC(=O)c1ccccc1C(=O)CC1CCC(O)CC1. The molecule has 0 heterocycles. The molecule has 0 saturated heterocycles. The predicted molar refractivity (Wildman–Crippen MR) is 73.4 cm³/mol. The van der Waals surface area contributed by atoms with Crippen LogP contribution in [-0.4, -0.2) is 22.8 Å². The molecule has 3 heteroatoms. The summed E-state index contributed by atoms with van der Waals surface area (Å²) in [4.78, 5) is 23.8. The molecule has 0 atom stereocenters. The zero-order valence-corrected chi connectivity index (χ0v) is 11.3. The highest BCUT2D eigenvalue weighted by Gasteiger charge is 2.23. The average molecular weight is 260 g/mol. The summed E-state index contributed by atoms with van der Waals surface area (Å²) in [6.45, 7) is 1.49. The van der Waals surface area contributed by atoms with E-state index in [1.54, 1.807) is 24.3 Å². The largest absolute Gasteiger partial charge is 0.393 e. The lowest BCUT2D eigenvalue weighted by atomic mass is 9.83. The molecular formula is C16H20O3. The van der Waals surface area contributed by atoms with Gasteiger partial charge in [0.1, 0.15) is 0 Å². The van der Waals surface area contributed by atoms with Gasteiger partial charge in [0.05, 0.1) is 6.10 Å². The Balaban J connectivity index is 2.06. The van der Waals surface area contributed by atoms with Crippen LogP contribution < -0.4 is 0 Å². The fourth-order valence-corrected chi connectivity index (χ4v) is 2.75. The zero-order chi connectivity index (χ0) is 13.8. The van der Waals surface area contributed by atoms with Crippen LogP contribution in [0.1, 0.15) is 59.7 Å². The standard InChI is InChI=1S/C16H20O3/c1-11(17)14-4-2-3-5-15(14)16(19)10-12-6-8-13(18)9-7-12/h2-5,12-13,18H,6-10H2,1H3. The van der Waals surface area contributed by atoms with Gasteiger partial charge in [-0.05, 0) is 38.5 Å². The van der Waals surface area contributed by atoms with E-state index in [-0.39, 0.29) is 17.7 Å². The van der Waals surface area contributed by atoms with E-state index in [9.17, 15) is 14.7 Å². The molecule has 3 nitrogen and oxygen atoms in total. The molecule has 1 fully saturated rings. The van der Waals surface area contributed by atoms with Crippen molar-refractivity contribution in [1.82, 2.24) is 0 Å². The Bertz CT molecular complexity index is 471. The van der Waals surface area contributed by atoms with Crippen molar-refractivity contribution in [3.63, 3.8) is 0 Å². The van der Waals surface area contributed by atoms with E-state index < -0.39 is 0 Å². The number of carbonyl (C=O) groups is 2. The van der Waals surface area contributed by atoms with Crippen molar-refractivity contribution in [1.29, 1.82) is 0 Å². The van der Waals surface area contributed by atoms with Gasteiger partial charge in [0.15, 0.2) is 11.6 Å². The summed E-state index contributed by atoms with van der Waals surface area (Å²) in [6, 6.07) is 7.02. The van der Waals surface area contributed by atoms with Gasteiger partial charge in [0.2, 0.25) is 0 Å². The van der Waals surface area contributed by atoms with Gasteiger partial charge in [-0.3, -0.25) is 9.59 Å². The highest BCUT2D eigenvalue weighted by atomic mass is 16.3. The maximum absolute atomic E-state index is 12.3. The van der Waals surface area contributed by atoms with Crippen LogP contribution in [0.15, 0.2) is 24.3 Å². The van der Waals surface area contributed by atoms with Crippen LogP contribution in [0.5, 0.6) is 0 Å². The van der Waals surface area contributed by atoms with E-state index in [1.807, 2.05) is 0 Å². The summed E-state index contributed by atoms with van der Waals surface area (Å²) in [6.07, 6.45) is 3.65. The van der Waals surface area contributed by atoms with E-state index in [0.29, 0.717) is 23.5 Å². The Hall–Kier alpha value is -1.48. The molecule has 1 N–H and O–H groups in total. The van der Waals surface area contributed by atoms with Crippen LogP contribution >= 0.6 is 0 Å². The minimum Gasteiger partial charge on any atom is -0.393 e. The van der Waals surface area contributed by atoms with E-state index >= 15 is 0 Å². The quantitative estimate of drug-likeness (QED) is 0.847. The van der Waals surface area contributed by atoms with E-state index in [0.717, 1.165) is 25.7 Å². The molecule has 1 aromatic rings. The van der Waals surface area contributed by atoms with Crippen molar-refractivity contribution < 1.29 is 14.7 Å². The summed E-state index contributed by atoms with van der Waals surface area (Å²) in [5, 5.41) is 9.47. The number of ketones is 2. The van der Waals surface area contributed by atoms with Gasteiger partial charge in [-0.2, -0.15) is 0 Å². The minimum atomic E-state index is -0.198. The molecule has 102 valence electrons. The summed E-state index contributed by atoms with van der Waals surface area (Å²) < 4.78 is 0. The lowest BCUT2D eigenvalue weighted by Crippen LogP contribution is -2.21. The highest BCUT2D eigenvalue weighted by Crippen LogP contribution is 2.28. The van der Waals surface area contributed by atoms with E-state index in [2.05, 4.69) is 0 Å². The monoisotopic (exact) mass is 260 g/mol. The van der Waals surface area contributed by atoms with Crippen molar-refractivity contribution >= 4 is 11.6 Å². The van der Waals surface area contributed by atoms with Crippen LogP contribution in [0.3, 0.4) is 0 Å². The third-order valence-corrected chi connectivity index (χ3v) is 3.90. The molecule has 2 rings (SSSR count). The molecule has 0 spiro atoms. The smallest absolute Gasteiger partial charge is 0.163 e. The van der Waals surface area contributed by atoms with Gasteiger partial charge in [0.25, 0.3) is 0 Å². The van der Waals surface area contributed by atoms with Gasteiger partial charge in [-0.25, -0.2) is 0 Å². The van der Waals surface area contributed by atoms with Crippen LogP contribution in [0, 0.1) is 5.92 Å². The average Bonchev–Trinajstić information content (AvgIpc) is 2.41.